The van der Waals surface area contributed by atoms with Crippen LogP contribution in [-0.2, 0) is 32.7 Å². The summed E-state index contributed by atoms with van der Waals surface area (Å²) in [6.07, 6.45) is 34.0. The Morgan fingerprint density at radius 2 is 0.773 bits per heavy atom. The summed E-state index contributed by atoms with van der Waals surface area (Å²) >= 11 is 0. The van der Waals surface area contributed by atoms with Crippen molar-refractivity contribution in [3.63, 3.8) is 0 Å². The third-order valence-electron chi connectivity index (χ3n) is 12.9. The second-order valence-electron chi connectivity index (χ2n) is 19.1. The van der Waals surface area contributed by atoms with Crippen molar-refractivity contribution in [3.05, 3.63) is 12.2 Å². The Labute approximate surface area is 401 Å². The van der Waals surface area contributed by atoms with Gasteiger partial charge in [0.25, 0.3) is 0 Å². The Balaban J connectivity index is 2.36. The fraction of sp³-hybridized carbons (Fsp3) is 0.923. The van der Waals surface area contributed by atoms with Gasteiger partial charge in [0.05, 0.1) is 6.61 Å². The van der Waals surface area contributed by atoms with Crippen molar-refractivity contribution < 1.29 is 63.1 Å². The summed E-state index contributed by atoms with van der Waals surface area (Å²) in [4.78, 5) is 35.9. The van der Waals surface area contributed by atoms with Gasteiger partial charge in [-0.2, -0.15) is 0 Å². The number of unbranched alkanes of at least 4 members (excludes halogenated alkanes) is 32. The first-order valence-electron chi connectivity index (χ1n) is 27.0. The van der Waals surface area contributed by atoms with Crippen LogP contribution < -0.4 is 0 Å². The van der Waals surface area contributed by atoms with E-state index in [9.17, 15) is 44.6 Å². The lowest BCUT2D eigenvalue weighted by Crippen LogP contribution is -2.64. The Morgan fingerprint density at radius 3 is 1.15 bits per heavy atom. The van der Waals surface area contributed by atoms with Gasteiger partial charge in [-0.1, -0.05) is 212 Å². The number of aliphatic hydroxyl groups is 5. The van der Waals surface area contributed by atoms with Crippen LogP contribution in [0.1, 0.15) is 251 Å². The van der Waals surface area contributed by atoms with Crippen molar-refractivity contribution in [2.24, 2.45) is 0 Å². The van der Waals surface area contributed by atoms with E-state index in [0.29, 0.717) is 12.8 Å². The van der Waals surface area contributed by atoms with Crippen molar-refractivity contribution in [2.45, 2.75) is 294 Å². The minimum absolute atomic E-state index is 0.102. The minimum atomic E-state index is -5.12. The topological polar surface area (TPSA) is 210 Å². The molecule has 0 heterocycles. The lowest BCUT2D eigenvalue weighted by atomic mass is 9.85. The fourth-order valence-corrected chi connectivity index (χ4v) is 9.49. The van der Waals surface area contributed by atoms with E-state index in [-0.39, 0.29) is 12.8 Å². The maximum absolute atomic E-state index is 12.9. The molecule has 0 amide bonds. The Kier molecular flexibility index (Phi) is 40.3. The van der Waals surface area contributed by atoms with Crippen LogP contribution in [-0.4, -0.2) is 98.3 Å². The number of hydrogen-bond acceptors (Lipinski definition) is 12. The van der Waals surface area contributed by atoms with Gasteiger partial charge in [-0.05, 0) is 38.5 Å². The van der Waals surface area contributed by atoms with Gasteiger partial charge in [-0.3, -0.25) is 18.6 Å². The molecule has 0 aromatic heterocycles. The number of rotatable bonds is 46. The summed E-state index contributed by atoms with van der Waals surface area (Å²) in [7, 11) is -5.12. The summed E-state index contributed by atoms with van der Waals surface area (Å²) in [5, 5.41) is 50.3. The maximum Gasteiger partial charge on any atom is 0.472 e. The van der Waals surface area contributed by atoms with Crippen molar-refractivity contribution >= 4 is 19.8 Å². The zero-order valence-corrected chi connectivity index (χ0v) is 42.7. The number of carbonyl (C=O) groups is 2. The van der Waals surface area contributed by atoms with E-state index in [1.807, 2.05) is 0 Å². The second-order valence-corrected chi connectivity index (χ2v) is 20.5. The first kappa shape index (κ1) is 62.6. The monoisotopic (exact) mass is 963 g/mol. The van der Waals surface area contributed by atoms with Gasteiger partial charge in [0.1, 0.15) is 43.2 Å². The Hall–Kier alpha value is -1.41. The first-order chi connectivity index (χ1) is 31.9. The molecule has 390 valence electrons. The summed E-state index contributed by atoms with van der Waals surface area (Å²) in [5.74, 6) is -1.09. The van der Waals surface area contributed by atoms with E-state index in [1.54, 1.807) is 0 Å². The van der Waals surface area contributed by atoms with E-state index in [1.165, 1.54) is 161 Å². The van der Waals surface area contributed by atoms with Crippen molar-refractivity contribution in [1.82, 2.24) is 0 Å². The molecule has 0 aromatic rings. The van der Waals surface area contributed by atoms with Crippen LogP contribution in [0.25, 0.3) is 0 Å². The van der Waals surface area contributed by atoms with Crippen molar-refractivity contribution in [1.29, 1.82) is 0 Å². The number of aliphatic hydroxyl groups excluding tert-OH is 5. The van der Waals surface area contributed by atoms with Crippen molar-refractivity contribution in [3.8, 4) is 0 Å². The molecule has 1 saturated carbocycles. The number of ether oxygens (including phenoxy) is 2. The summed E-state index contributed by atoms with van der Waals surface area (Å²) in [6, 6.07) is 0. The molecule has 0 saturated heterocycles. The van der Waals surface area contributed by atoms with E-state index >= 15 is 0 Å². The molecule has 6 N–H and O–H groups in total. The smallest absolute Gasteiger partial charge is 0.462 e. The first-order valence-corrected chi connectivity index (χ1v) is 28.5. The van der Waals surface area contributed by atoms with Gasteiger partial charge in [-0.15, -0.1) is 0 Å². The molecule has 14 heteroatoms. The molecule has 0 spiro atoms. The largest absolute Gasteiger partial charge is 0.472 e. The summed E-state index contributed by atoms with van der Waals surface area (Å²) in [6.45, 7) is 3.34. The lowest BCUT2D eigenvalue weighted by molar-refractivity contribution is -0.220. The number of carbonyl (C=O) groups excluding carboxylic acids is 2. The molecule has 66 heavy (non-hydrogen) atoms. The van der Waals surface area contributed by atoms with Gasteiger partial charge in [-0.25, -0.2) is 4.57 Å². The highest BCUT2D eigenvalue weighted by atomic mass is 31.2. The third-order valence-corrected chi connectivity index (χ3v) is 13.8. The number of esters is 2. The molecule has 1 fully saturated rings. The predicted molar refractivity (Wildman–Crippen MR) is 263 cm³/mol. The number of phosphoric acid groups is 1. The molecular formula is C52H99O13P. The van der Waals surface area contributed by atoms with Crippen LogP contribution in [0.2, 0.25) is 0 Å². The van der Waals surface area contributed by atoms with Crippen LogP contribution >= 0.6 is 7.82 Å². The van der Waals surface area contributed by atoms with Gasteiger partial charge in [0.15, 0.2) is 6.10 Å². The van der Waals surface area contributed by atoms with Gasteiger partial charge >= 0.3 is 19.8 Å². The molecule has 0 bridgehead atoms. The molecule has 1 rings (SSSR count). The molecule has 6 unspecified atom stereocenters. The third kappa shape index (κ3) is 34.0. The second kappa shape index (κ2) is 42.5. The van der Waals surface area contributed by atoms with E-state index in [2.05, 4.69) is 26.0 Å². The average molecular weight is 963 g/mol. The zero-order chi connectivity index (χ0) is 48.5. The molecular weight excluding hydrogens is 864 g/mol. The normalized spacial score (nSPS) is 21.3. The van der Waals surface area contributed by atoms with Gasteiger partial charge < -0.3 is 39.9 Å². The molecule has 0 radical (unpaired) electrons. The number of phosphoric ester groups is 1. The van der Waals surface area contributed by atoms with Crippen molar-refractivity contribution in [2.75, 3.05) is 13.2 Å². The van der Waals surface area contributed by atoms with Crippen LogP contribution in [0.5, 0.6) is 0 Å². The highest BCUT2D eigenvalue weighted by Gasteiger charge is 2.51. The quantitative estimate of drug-likeness (QED) is 0.0145. The Morgan fingerprint density at radius 1 is 0.455 bits per heavy atom. The van der Waals surface area contributed by atoms with Crippen LogP contribution in [0, 0.1) is 0 Å². The van der Waals surface area contributed by atoms with E-state index < -0.39 is 75.7 Å². The van der Waals surface area contributed by atoms with Gasteiger partial charge in [0.2, 0.25) is 0 Å². The number of hydrogen-bond donors (Lipinski definition) is 6. The molecule has 1 aliphatic carbocycles. The standard InChI is InChI=1S/C52H99O13P/c1-3-5-7-9-11-13-15-17-19-21-22-23-25-27-29-31-33-35-37-39-41-46(54)64-44(43-63-66(60,61)65-52-50(58)48(56)47(55)49(57)51(52)59)42-62-45(53)40-38-36-34-32-30-28-26-24-20-18-16-14-12-10-8-6-4-2/h18,20,44,47-52,55-59H,3-17,19,21-43H2,1-2H3,(H,60,61)/b20-18+/t44-,47?,48-,49?,50?,51?,52?/m1/s1. The van der Waals surface area contributed by atoms with E-state index in [4.69, 9.17) is 18.5 Å². The highest BCUT2D eigenvalue weighted by molar-refractivity contribution is 7.47. The highest BCUT2D eigenvalue weighted by Crippen LogP contribution is 2.47. The molecule has 1 aliphatic rings. The number of allylic oxidation sites excluding steroid dienone is 2. The zero-order valence-electron chi connectivity index (χ0n) is 41.8. The van der Waals surface area contributed by atoms with Crippen LogP contribution in [0.4, 0.5) is 0 Å². The minimum Gasteiger partial charge on any atom is -0.462 e. The molecule has 0 aliphatic heterocycles. The Bertz CT molecular complexity index is 1200. The van der Waals surface area contributed by atoms with E-state index in [0.717, 1.165) is 51.4 Å². The summed E-state index contributed by atoms with van der Waals surface area (Å²) < 4.78 is 33.7. The predicted octanol–water partition coefficient (Wildman–Crippen LogP) is 11.8. The van der Waals surface area contributed by atoms with Crippen LogP contribution in [0.3, 0.4) is 0 Å². The lowest BCUT2D eigenvalue weighted by Gasteiger charge is -2.41. The molecule has 13 nitrogen and oxygen atoms in total. The maximum atomic E-state index is 12.9. The van der Waals surface area contributed by atoms with Gasteiger partial charge in [0, 0.05) is 12.8 Å². The molecule has 0 aromatic carbocycles. The average Bonchev–Trinajstić information content (AvgIpc) is 3.30. The van der Waals surface area contributed by atoms with Crippen LogP contribution in [0.15, 0.2) is 12.2 Å². The molecule has 8 atom stereocenters. The SMILES string of the molecule is CCCCCCCC/C=C/CCCCCCCCCC(=O)OC[C@H](COP(=O)(O)OC1C(O)C(O)C(O)[C@@H](O)C1O)OC(=O)CCCCCCCCCCCCCCCCCCCCCC. The fourth-order valence-electron chi connectivity index (χ4n) is 8.52. The summed E-state index contributed by atoms with van der Waals surface area (Å²) in [5.41, 5.74) is 0.